The third-order valence-corrected chi connectivity index (χ3v) is 6.79. The van der Waals surface area contributed by atoms with Crippen molar-refractivity contribution < 1.29 is 14.4 Å². The van der Waals surface area contributed by atoms with Crippen LogP contribution in [-0.2, 0) is 4.79 Å². The first-order valence-electron chi connectivity index (χ1n) is 12.4. The number of carbonyl (C=O) groups is 3. The van der Waals surface area contributed by atoms with Crippen LogP contribution in [0.3, 0.4) is 0 Å². The van der Waals surface area contributed by atoms with Gasteiger partial charge in [-0.05, 0) is 43.9 Å². The number of primary amides is 1. The highest BCUT2D eigenvalue weighted by molar-refractivity contribution is 6.12. The molecule has 0 bridgehead atoms. The van der Waals surface area contributed by atoms with E-state index in [1.54, 1.807) is 36.7 Å². The summed E-state index contributed by atoms with van der Waals surface area (Å²) < 4.78 is 0. The number of aromatic amines is 1. The standard InChI is InChI=1S/C26H29N7O3/c27-24(34)22-21(11-10-19(32-22)16-8-9-16)33(26(36)20-14-29-15-30-20)23(17-5-4-12-28-13-17)25(35)31-18-6-2-1-3-7-18/h4-5,10-16,18,23H,1-3,6-9H2,(H2,27,34)(H,29,30)(H,31,35). The molecule has 2 saturated carbocycles. The Morgan fingerprint density at radius 1 is 1.03 bits per heavy atom. The number of hydrogen-bond acceptors (Lipinski definition) is 6. The van der Waals surface area contributed by atoms with Gasteiger partial charge in [-0.25, -0.2) is 9.97 Å². The third kappa shape index (κ3) is 4.98. The normalized spacial score (nSPS) is 16.8. The van der Waals surface area contributed by atoms with Crippen molar-refractivity contribution in [1.29, 1.82) is 0 Å². The van der Waals surface area contributed by atoms with Crippen LogP contribution in [0.4, 0.5) is 5.69 Å². The average Bonchev–Trinajstić information content (AvgIpc) is 3.61. The molecule has 0 aromatic carbocycles. The summed E-state index contributed by atoms with van der Waals surface area (Å²) in [4.78, 5) is 57.1. The molecule has 0 spiro atoms. The van der Waals surface area contributed by atoms with Crippen molar-refractivity contribution in [2.75, 3.05) is 4.90 Å². The maximum atomic E-state index is 13.9. The zero-order valence-electron chi connectivity index (χ0n) is 19.9. The Labute approximate surface area is 208 Å². The number of H-pyrrole nitrogens is 1. The lowest BCUT2D eigenvalue weighted by atomic mass is 9.94. The van der Waals surface area contributed by atoms with Gasteiger partial charge in [0.25, 0.3) is 11.8 Å². The van der Waals surface area contributed by atoms with Gasteiger partial charge in [0.2, 0.25) is 5.91 Å². The molecular formula is C26H29N7O3. The van der Waals surface area contributed by atoms with E-state index in [9.17, 15) is 14.4 Å². The van der Waals surface area contributed by atoms with E-state index in [-0.39, 0.29) is 34.9 Å². The van der Waals surface area contributed by atoms with Crippen LogP contribution in [0.25, 0.3) is 0 Å². The monoisotopic (exact) mass is 487 g/mol. The highest BCUT2D eigenvalue weighted by atomic mass is 16.2. The molecule has 2 aliphatic carbocycles. The number of nitrogens with zero attached hydrogens (tertiary/aromatic N) is 4. The van der Waals surface area contributed by atoms with Gasteiger partial charge in [0, 0.05) is 35.6 Å². The van der Waals surface area contributed by atoms with Gasteiger partial charge < -0.3 is 16.0 Å². The molecule has 1 unspecified atom stereocenters. The maximum Gasteiger partial charge on any atom is 0.277 e. The molecule has 2 fully saturated rings. The zero-order chi connectivity index (χ0) is 25.1. The summed E-state index contributed by atoms with van der Waals surface area (Å²) in [7, 11) is 0. The van der Waals surface area contributed by atoms with E-state index in [0.29, 0.717) is 5.56 Å². The van der Waals surface area contributed by atoms with Gasteiger partial charge in [0.15, 0.2) is 5.69 Å². The first kappa shape index (κ1) is 23.7. The molecule has 10 nitrogen and oxygen atoms in total. The predicted molar refractivity (Wildman–Crippen MR) is 132 cm³/mol. The second-order valence-electron chi connectivity index (χ2n) is 9.42. The Morgan fingerprint density at radius 3 is 2.47 bits per heavy atom. The number of rotatable bonds is 8. The van der Waals surface area contributed by atoms with Gasteiger partial charge in [0.1, 0.15) is 11.7 Å². The van der Waals surface area contributed by atoms with Gasteiger partial charge in [0.05, 0.1) is 18.2 Å². The minimum atomic E-state index is -1.11. The molecule has 1 atom stereocenters. The number of nitrogens with two attached hydrogens (primary N) is 1. The molecule has 36 heavy (non-hydrogen) atoms. The lowest BCUT2D eigenvalue weighted by Crippen LogP contribution is -2.48. The summed E-state index contributed by atoms with van der Waals surface area (Å²) in [5.74, 6) is -1.39. The van der Waals surface area contributed by atoms with E-state index in [4.69, 9.17) is 5.73 Å². The molecular weight excluding hydrogens is 458 g/mol. The number of amides is 3. The zero-order valence-corrected chi connectivity index (χ0v) is 19.9. The molecule has 2 aliphatic rings. The van der Waals surface area contributed by atoms with Gasteiger partial charge in [-0.2, -0.15) is 0 Å². The van der Waals surface area contributed by atoms with Crippen LogP contribution < -0.4 is 16.0 Å². The van der Waals surface area contributed by atoms with Crippen molar-refractivity contribution in [1.82, 2.24) is 25.3 Å². The van der Waals surface area contributed by atoms with E-state index < -0.39 is 17.9 Å². The Bertz CT molecular complexity index is 1240. The first-order valence-corrected chi connectivity index (χ1v) is 12.4. The number of carbonyl (C=O) groups excluding carboxylic acids is 3. The number of imidazole rings is 1. The molecule has 3 aromatic heterocycles. The second-order valence-corrected chi connectivity index (χ2v) is 9.42. The van der Waals surface area contributed by atoms with Gasteiger partial charge in [-0.1, -0.05) is 25.3 Å². The summed E-state index contributed by atoms with van der Waals surface area (Å²) in [6, 6.07) is 5.81. The number of hydrogen-bond donors (Lipinski definition) is 3. The van der Waals surface area contributed by atoms with Crippen molar-refractivity contribution in [3.63, 3.8) is 0 Å². The van der Waals surface area contributed by atoms with E-state index in [1.165, 1.54) is 17.4 Å². The fourth-order valence-corrected chi connectivity index (χ4v) is 4.80. The summed E-state index contributed by atoms with van der Waals surface area (Å²) in [6.07, 6.45) is 12.9. The number of aromatic nitrogens is 4. The predicted octanol–water partition coefficient (Wildman–Crippen LogP) is 3.01. The third-order valence-electron chi connectivity index (χ3n) is 6.79. The van der Waals surface area contributed by atoms with E-state index >= 15 is 0 Å². The summed E-state index contributed by atoms with van der Waals surface area (Å²) in [6.45, 7) is 0. The van der Waals surface area contributed by atoms with Crippen LogP contribution in [-0.4, -0.2) is 43.7 Å². The summed E-state index contributed by atoms with van der Waals surface area (Å²) in [5, 5.41) is 3.13. The van der Waals surface area contributed by atoms with E-state index in [0.717, 1.165) is 50.6 Å². The average molecular weight is 488 g/mol. The molecule has 0 aliphatic heterocycles. The summed E-state index contributed by atoms with van der Waals surface area (Å²) >= 11 is 0. The molecule has 10 heteroatoms. The quantitative estimate of drug-likeness (QED) is 0.445. The maximum absolute atomic E-state index is 13.9. The molecule has 3 amide bonds. The number of anilines is 1. The Hall–Kier alpha value is -4.08. The smallest absolute Gasteiger partial charge is 0.277 e. The molecule has 4 N–H and O–H groups in total. The Morgan fingerprint density at radius 2 is 1.83 bits per heavy atom. The Balaban J connectivity index is 1.63. The van der Waals surface area contributed by atoms with Crippen molar-refractivity contribution >= 4 is 23.4 Å². The van der Waals surface area contributed by atoms with Crippen LogP contribution >= 0.6 is 0 Å². The van der Waals surface area contributed by atoms with Crippen LogP contribution in [0, 0.1) is 0 Å². The van der Waals surface area contributed by atoms with Gasteiger partial charge >= 0.3 is 0 Å². The Kier molecular flexibility index (Phi) is 6.75. The molecule has 5 rings (SSSR count). The van der Waals surface area contributed by atoms with Crippen molar-refractivity contribution in [2.45, 2.75) is 62.9 Å². The topological polar surface area (TPSA) is 147 Å². The molecule has 3 heterocycles. The molecule has 186 valence electrons. The van der Waals surface area contributed by atoms with Crippen LogP contribution in [0.1, 0.15) is 89.1 Å². The second kappa shape index (κ2) is 10.3. The van der Waals surface area contributed by atoms with Gasteiger partial charge in [-0.3, -0.25) is 24.3 Å². The SMILES string of the molecule is NC(=O)c1nc(C2CC2)ccc1N(C(=O)c1cnc[nH]1)C(C(=O)NC1CCCCC1)c1cccnc1. The van der Waals surface area contributed by atoms with Crippen LogP contribution in [0.2, 0.25) is 0 Å². The van der Waals surface area contributed by atoms with Crippen molar-refractivity contribution in [3.05, 3.63) is 71.8 Å². The lowest BCUT2D eigenvalue weighted by Gasteiger charge is -2.33. The van der Waals surface area contributed by atoms with Crippen LogP contribution in [0.15, 0.2) is 49.2 Å². The fraction of sp³-hybridized carbons (Fsp3) is 0.385. The van der Waals surface area contributed by atoms with Crippen molar-refractivity contribution in [2.24, 2.45) is 5.73 Å². The summed E-state index contributed by atoms with van der Waals surface area (Å²) in [5.41, 5.74) is 7.29. The number of nitrogens with one attached hydrogen (secondary N) is 2. The van der Waals surface area contributed by atoms with Gasteiger partial charge in [-0.15, -0.1) is 0 Å². The van der Waals surface area contributed by atoms with E-state index in [1.807, 2.05) is 0 Å². The molecule has 3 aromatic rings. The minimum Gasteiger partial charge on any atom is -0.364 e. The van der Waals surface area contributed by atoms with E-state index in [2.05, 4.69) is 25.3 Å². The highest BCUT2D eigenvalue weighted by Crippen LogP contribution is 2.40. The highest BCUT2D eigenvalue weighted by Gasteiger charge is 2.38. The minimum absolute atomic E-state index is 0.0144. The van der Waals surface area contributed by atoms with Crippen LogP contribution in [0.5, 0.6) is 0 Å². The first-order chi connectivity index (χ1) is 17.5. The molecule has 0 radical (unpaired) electrons. The molecule has 0 saturated heterocycles. The largest absolute Gasteiger partial charge is 0.364 e. The lowest BCUT2D eigenvalue weighted by molar-refractivity contribution is -0.123. The fourth-order valence-electron chi connectivity index (χ4n) is 4.80. The van der Waals surface area contributed by atoms with Crippen molar-refractivity contribution in [3.8, 4) is 0 Å². The number of pyridine rings is 2.